The zero-order valence-electron chi connectivity index (χ0n) is 15.0. The van der Waals surface area contributed by atoms with E-state index in [0.29, 0.717) is 27.3 Å². The second-order valence-electron chi connectivity index (χ2n) is 6.31. The number of hydrogen-bond donors (Lipinski definition) is 0. The van der Waals surface area contributed by atoms with E-state index in [2.05, 4.69) is 0 Å². The second kappa shape index (κ2) is 7.82. The van der Waals surface area contributed by atoms with Crippen LogP contribution in [0, 0.1) is 23.0 Å². The van der Waals surface area contributed by atoms with E-state index >= 15 is 0 Å². The Hall–Kier alpha value is -3.56. The minimum absolute atomic E-state index is 0.00836. The number of halogens is 2. The van der Waals surface area contributed by atoms with Gasteiger partial charge in [-0.05, 0) is 54.1 Å². The van der Waals surface area contributed by atoms with Crippen molar-refractivity contribution >= 4 is 27.2 Å². The van der Waals surface area contributed by atoms with Crippen molar-refractivity contribution in [3.63, 3.8) is 0 Å². The molecular weight excluding hydrogens is 392 g/mol. The van der Waals surface area contributed by atoms with Gasteiger partial charge < -0.3 is 4.74 Å². The highest BCUT2D eigenvalue weighted by Gasteiger charge is 2.21. The summed E-state index contributed by atoms with van der Waals surface area (Å²) in [5.74, 6) is -1.69. The molecule has 3 aromatic carbocycles. The standard InChI is InChI=1S/C23H13F2NO2S/c24-18-10-7-15(11-19(18)25)13-28-22-17-3-1-2-4-20(17)29-23(22)21(27)16-8-5-14(12-26)6-9-16/h1-11H,13H2. The highest BCUT2D eigenvalue weighted by molar-refractivity contribution is 7.21. The lowest BCUT2D eigenvalue weighted by molar-refractivity contribution is 0.103. The van der Waals surface area contributed by atoms with E-state index < -0.39 is 11.6 Å². The molecule has 0 amide bonds. The number of carbonyl (C=O) groups is 1. The first-order valence-electron chi connectivity index (χ1n) is 8.70. The molecule has 4 aromatic rings. The first-order chi connectivity index (χ1) is 14.1. The summed E-state index contributed by atoms with van der Waals surface area (Å²) in [6, 6.07) is 19.4. The van der Waals surface area contributed by atoms with Gasteiger partial charge in [-0.15, -0.1) is 11.3 Å². The highest BCUT2D eigenvalue weighted by Crippen LogP contribution is 2.39. The third kappa shape index (κ3) is 3.73. The topological polar surface area (TPSA) is 50.1 Å². The van der Waals surface area contributed by atoms with Crippen LogP contribution in [0.25, 0.3) is 10.1 Å². The average Bonchev–Trinajstić information content (AvgIpc) is 3.12. The molecule has 142 valence electrons. The van der Waals surface area contributed by atoms with Gasteiger partial charge in [0.1, 0.15) is 17.2 Å². The molecule has 4 rings (SSSR count). The maximum atomic E-state index is 13.5. The number of ketones is 1. The van der Waals surface area contributed by atoms with E-state index in [4.69, 9.17) is 10.00 Å². The highest BCUT2D eigenvalue weighted by atomic mass is 32.1. The Balaban J connectivity index is 1.71. The van der Waals surface area contributed by atoms with Gasteiger partial charge in [0.05, 0.1) is 11.6 Å². The van der Waals surface area contributed by atoms with Crippen LogP contribution < -0.4 is 4.74 Å². The van der Waals surface area contributed by atoms with Crippen molar-refractivity contribution in [2.75, 3.05) is 0 Å². The van der Waals surface area contributed by atoms with E-state index in [1.165, 1.54) is 17.4 Å². The van der Waals surface area contributed by atoms with Crippen LogP contribution in [0.3, 0.4) is 0 Å². The molecular formula is C23H13F2NO2S. The van der Waals surface area contributed by atoms with E-state index in [1.54, 1.807) is 24.3 Å². The predicted octanol–water partition coefficient (Wildman–Crippen LogP) is 5.86. The molecule has 0 bridgehead atoms. The zero-order valence-corrected chi connectivity index (χ0v) is 15.8. The number of rotatable bonds is 5. The third-order valence-corrected chi connectivity index (χ3v) is 5.55. The minimum atomic E-state index is -0.949. The summed E-state index contributed by atoms with van der Waals surface area (Å²) in [5.41, 5.74) is 1.36. The van der Waals surface area contributed by atoms with Gasteiger partial charge in [-0.1, -0.05) is 18.2 Å². The lowest BCUT2D eigenvalue weighted by Crippen LogP contribution is -2.03. The molecule has 0 saturated carbocycles. The summed E-state index contributed by atoms with van der Waals surface area (Å²) in [6.45, 7) is -0.00836. The van der Waals surface area contributed by atoms with Crippen molar-refractivity contribution in [1.29, 1.82) is 5.26 Å². The quantitative estimate of drug-likeness (QED) is 0.391. The normalized spacial score (nSPS) is 10.7. The van der Waals surface area contributed by atoms with E-state index in [0.717, 1.165) is 22.2 Å². The number of nitriles is 1. The Morgan fingerprint density at radius 2 is 1.76 bits per heavy atom. The fraction of sp³-hybridized carbons (Fsp3) is 0.0435. The molecule has 0 N–H and O–H groups in total. The summed E-state index contributed by atoms with van der Waals surface area (Å²) in [6.07, 6.45) is 0. The smallest absolute Gasteiger partial charge is 0.206 e. The molecule has 0 aliphatic heterocycles. The van der Waals surface area contributed by atoms with Crippen molar-refractivity contribution in [2.45, 2.75) is 6.61 Å². The maximum Gasteiger partial charge on any atom is 0.206 e. The van der Waals surface area contributed by atoms with E-state index in [9.17, 15) is 13.6 Å². The van der Waals surface area contributed by atoms with Gasteiger partial charge in [0.15, 0.2) is 11.6 Å². The third-order valence-electron chi connectivity index (χ3n) is 4.40. The fourth-order valence-electron chi connectivity index (χ4n) is 2.93. The average molecular weight is 405 g/mol. The van der Waals surface area contributed by atoms with Gasteiger partial charge in [-0.25, -0.2) is 8.78 Å². The predicted molar refractivity (Wildman–Crippen MR) is 107 cm³/mol. The van der Waals surface area contributed by atoms with Crippen LogP contribution in [0.4, 0.5) is 8.78 Å². The first kappa shape index (κ1) is 18.8. The lowest BCUT2D eigenvalue weighted by atomic mass is 10.1. The van der Waals surface area contributed by atoms with E-state index in [-0.39, 0.29) is 12.4 Å². The molecule has 1 aromatic heterocycles. The maximum absolute atomic E-state index is 13.5. The molecule has 0 atom stereocenters. The second-order valence-corrected chi connectivity index (χ2v) is 7.36. The van der Waals surface area contributed by atoms with Crippen LogP contribution in [0.2, 0.25) is 0 Å². The fourth-order valence-corrected chi connectivity index (χ4v) is 4.04. The van der Waals surface area contributed by atoms with Crippen LogP contribution in [0.5, 0.6) is 5.75 Å². The summed E-state index contributed by atoms with van der Waals surface area (Å²) < 4.78 is 33.4. The van der Waals surface area contributed by atoms with Crippen molar-refractivity contribution in [3.8, 4) is 11.8 Å². The Morgan fingerprint density at radius 3 is 2.48 bits per heavy atom. The van der Waals surface area contributed by atoms with Gasteiger partial charge in [-0.2, -0.15) is 5.26 Å². The zero-order chi connectivity index (χ0) is 20.4. The molecule has 0 radical (unpaired) electrons. The summed E-state index contributed by atoms with van der Waals surface area (Å²) in [7, 11) is 0. The van der Waals surface area contributed by atoms with Crippen LogP contribution in [-0.4, -0.2) is 5.78 Å². The summed E-state index contributed by atoms with van der Waals surface area (Å²) in [5, 5.41) is 9.71. The first-order valence-corrected chi connectivity index (χ1v) is 9.51. The molecule has 6 heteroatoms. The summed E-state index contributed by atoms with van der Waals surface area (Å²) >= 11 is 1.30. The van der Waals surface area contributed by atoms with Crippen LogP contribution in [-0.2, 0) is 6.61 Å². The molecule has 0 unspecified atom stereocenters. The van der Waals surface area contributed by atoms with E-state index in [1.807, 2.05) is 30.3 Å². The molecule has 0 saturated heterocycles. The minimum Gasteiger partial charge on any atom is -0.487 e. The Bertz CT molecular complexity index is 1260. The molecule has 0 spiro atoms. The Kier molecular flexibility index (Phi) is 5.07. The van der Waals surface area contributed by atoms with Gasteiger partial charge in [0.25, 0.3) is 0 Å². The van der Waals surface area contributed by atoms with Gasteiger partial charge in [0, 0.05) is 15.6 Å². The monoisotopic (exact) mass is 405 g/mol. The van der Waals surface area contributed by atoms with Crippen molar-refractivity contribution in [2.24, 2.45) is 0 Å². The number of ether oxygens (including phenoxy) is 1. The van der Waals surface area contributed by atoms with Gasteiger partial charge >= 0.3 is 0 Å². The van der Waals surface area contributed by atoms with Crippen LogP contribution >= 0.6 is 11.3 Å². The van der Waals surface area contributed by atoms with Crippen LogP contribution in [0.15, 0.2) is 66.7 Å². The van der Waals surface area contributed by atoms with Crippen molar-refractivity contribution in [1.82, 2.24) is 0 Å². The molecule has 3 nitrogen and oxygen atoms in total. The van der Waals surface area contributed by atoms with Gasteiger partial charge in [-0.3, -0.25) is 4.79 Å². The van der Waals surface area contributed by atoms with Crippen molar-refractivity contribution < 1.29 is 18.3 Å². The van der Waals surface area contributed by atoms with Crippen LogP contribution in [0.1, 0.15) is 26.4 Å². The SMILES string of the molecule is N#Cc1ccc(C(=O)c2sc3ccccc3c2OCc2ccc(F)c(F)c2)cc1. The number of benzene rings is 3. The summed E-state index contributed by atoms with van der Waals surface area (Å²) in [4.78, 5) is 13.5. The number of fused-ring (bicyclic) bond motifs is 1. The van der Waals surface area contributed by atoms with Crippen molar-refractivity contribution in [3.05, 3.63) is 99.9 Å². The number of thiophene rings is 1. The molecule has 0 aliphatic rings. The number of hydrogen-bond acceptors (Lipinski definition) is 4. The lowest BCUT2D eigenvalue weighted by Gasteiger charge is -2.09. The molecule has 0 aliphatic carbocycles. The largest absolute Gasteiger partial charge is 0.487 e. The Morgan fingerprint density at radius 1 is 1.00 bits per heavy atom. The molecule has 0 fully saturated rings. The molecule has 1 heterocycles. The Labute approximate surface area is 169 Å². The number of nitrogens with zero attached hydrogens (tertiary/aromatic N) is 1. The van der Waals surface area contributed by atoms with Gasteiger partial charge in [0.2, 0.25) is 5.78 Å². The molecule has 29 heavy (non-hydrogen) atoms. The number of carbonyl (C=O) groups excluding carboxylic acids is 1.